The van der Waals surface area contributed by atoms with Gasteiger partial charge in [-0.2, -0.15) is 5.10 Å². The van der Waals surface area contributed by atoms with E-state index >= 15 is 0 Å². The number of nitrogens with one attached hydrogen (secondary N) is 2. The molecule has 33 heavy (non-hydrogen) atoms. The molecule has 2 bridgehead atoms. The maximum Gasteiger partial charge on any atom is 0.288 e. The Morgan fingerprint density at radius 1 is 1.24 bits per heavy atom. The molecule has 0 aliphatic heterocycles. The summed E-state index contributed by atoms with van der Waals surface area (Å²) < 4.78 is 26.0. The lowest BCUT2D eigenvalue weighted by Crippen LogP contribution is -2.58. The largest absolute Gasteiger partial charge is 0.379 e. The number of anilines is 1. The minimum atomic E-state index is -3.85. The van der Waals surface area contributed by atoms with Crippen molar-refractivity contribution < 1.29 is 13.2 Å². The molecule has 4 atom stereocenters. The van der Waals surface area contributed by atoms with Gasteiger partial charge in [0.05, 0.1) is 11.9 Å². The van der Waals surface area contributed by atoms with Crippen LogP contribution >= 0.6 is 0 Å². The van der Waals surface area contributed by atoms with E-state index in [-0.39, 0.29) is 29.7 Å². The van der Waals surface area contributed by atoms with E-state index in [9.17, 15) is 18.0 Å². The maximum absolute atomic E-state index is 13.0. The zero-order chi connectivity index (χ0) is 24.0. The van der Waals surface area contributed by atoms with Crippen molar-refractivity contribution in [1.29, 1.82) is 0 Å². The molecule has 2 aromatic heterocycles. The van der Waals surface area contributed by atoms with E-state index in [0.29, 0.717) is 23.2 Å². The van der Waals surface area contributed by atoms with Crippen molar-refractivity contribution in [1.82, 2.24) is 20.1 Å². The Bertz CT molecular complexity index is 1210. The average molecular weight is 474 g/mol. The van der Waals surface area contributed by atoms with Crippen LogP contribution in [0.25, 0.3) is 0 Å². The number of carbonyl (C=O) groups excluding carboxylic acids is 1. The highest BCUT2D eigenvalue weighted by Gasteiger charge is 2.56. The van der Waals surface area contributed by atoms with Crippen LogP contribution in [0.15, 0.2) is 40.4 Å². The first kappa shape index (κ1) is 23.4. The van der Waals surface area contributed by atoms with Gasteiger partial charge < -0.3 is 10.6 Å². The minimum Gasteiger partial charge on any atom is -0.379 e. The summed E-state index contributed by atoms with van der Waals surface area (Å²) in [6.45, 7) is 6.67. The van der Waals surface area contributed by atoms with Crippen LogP contribution in [0, 0.1) is 23.2 Å². The number of hydrogen-bond acceptors (Lipinski definition) is 7. The van der Waals surface area contributed by atoms with Crippen molar-refractivity contribution >= 4 is 21.4 Å². The van der Waals surface area contributed by atoms with E-state index in [4.69, 9.17) is 0 Å². The molecule has 9 nitrogen and oxygen atoms in total. The van der Waals surface area contributed by atoms with Crippen LogP contribution in [0.3, 0.4) is 0 Å². The molecule has 10 heteroatoms. The predicted octanol–water partition coefficient (Wildman–Crippen LogP) is 1.84. The van der Waals surface area contributed by atoms with Crippen LogP contribution in [0.1, 0.15) is 39.2 Å². The molecule has 0 aromatic carbocycles. The second-order valence-electron chi connectivity index (χ2n) is 9.96. The summed E-state index contributed by atoms with van der Waals surface area (Å²) in [7, 11) is -3.85. The Labute approximate surface area is 193 Å². The molecule has 2 heterocycles. The highest BCUT2D eigenvalue weighted by atomic mass is 32.2. The van der Waals surface area contributed by atoms with Gasteiger partial charge in [-0.15, -0.1) is 0 Å². The van der Waals surface area contributed by atoms with Crippen LogP contribution in [-0.2, 0) is 27.7 Å². The molecule has 3 aliphatic rings. The summed E-state index contributed by atoms with van der Waals surface area (Å²) in [6, 6.07) is 3.61. The van der Waals surface area contributed by atoms with Crippen molar-refractivity contribution in [3.05, 3.63) is 46.6 Å². The SMILES string of the molecule is C[C@H]1[C@H](Nc2cnn(CC(=O)NCc3ccncc3)c(=O)c2S(C)(=O)=O)C[C@H]2C[C@@H]1C2(C)C. The predicted molar refractivity (Wildman–Crippen MR) is 124 cm³/mol. The molecule has 0 radical (unpaired) electrons. The number of fused-ring (bicyclic) bond motifs is 2. The number of aromatic nitrogens is 3. The molecule has 3 aliphatic carbocycles. The lowest BCUT2D eigenvalue weighted by molar-refractivity contribution is -0.122. The highest BCUT2D eigenvalue weighted by molar-refractivity contribution is 7.90. The van der Waals surface area contributed by atoms with Crippen molar-refractivity contribution in [3.8, 4) is 0 Å². The quantitative estimate of drug-likeness (QED) is 0.629. The Morgan fingerprint density at radius 3 is 2.55 bits per heavy atom. The second-order valence-corrected chi connectivity index (χ2v) is 11.9. The van der Waals surface area contributed by atoms with Gasteiger partial charge >= 0.3 is 0 Å². The molecule has 0 spiro atoms. The summed E-state index contributed by atoms with van der Waals surface area (Å²) in [5, 5.41) is 10.1. The van der Waals surface area contributed by atoms with Gasteiger partial charge in [0.15, 0.2) is 14.7 Å². The van der Waals surface area contributed by atoms with E-state index in [0.717, 1.165) is 22.9 Å². The molecule has 3 fully saturated rings. The van der Waals surface area contributed by atoms with Crippen molar-refractivity contribution in [2.45, 2.75) is 57.6 Å². The molecule has 178 valence electrons. The van der Waals surface area contributed by atoms with Crippen molar-refractivity contribution in [2.75, 3.05) is 11.6 Å². The molecule has 3 saturated carbocycles. The first-order chi connectivity index (χ1) is 15.5. The van der Waals surface area contributed by atoms with Crippen LogP contribution in [0.5, 0.6) is 0 Å². The molecule has 0 unspecified atom stereocenters. The minimum absolute atomic E-state index is 0.0722. The monoisotopic (exact) mass is 473 g/mol. The van der Waals surface area contributed by atoms with Gasteiger partial charge in [-0.1, -0.05) is 20.8 Å². The first-order valence-corrected chi connectivity index (χ1v) is 13.1. The molecular formula is C23H31N5O4S. The molecule has 2 aromatic rings. The van der Waals surface area contributed by atoms with Gasteiger partial charge in [-0.05, 0) is 53.7 Å². The number of hydrogen-bond donors (Lipinski definition) is 2. The summed E-state index contributed by atoms with van der Waals surface area (Å²) in [5.41, 5.74) is 0.572. The number of rotatable bonds is 7. The zero-order valence-electron chi connectivity index (χ0n) is 19.4. The molecule has 0 saturated heterocycles. The van der Waals surface area contributed by atoms with Gasteiger partial charge in [-0.3, -0.25) is 14.6 Å². The smallest absolute Gasteiger partial charge is 0.288 e. The summed E-state index contributed by atoms with van der Waals surface area (Å²) >= 11 is 0. The normalized spacial score (nSPS) is 25.7. The summed E-state index contributed by atoms with van der Waals surface area (Å²) in [6.07, 6.45) is 7.72. The Hall–Kier alpha value is -2.75. The number of nitrogens with zero attached hydrogens (tertiary/aromatic N) is 3. The third kappa shape index (κ3) is 4.53. The molecule has 5 rings (SSSR count). The van der Waals surface area contributed by atoms with E-state index in [2.05, 4.69) is 41.5 Å². The standard InChI is InChI=1S/C23H31N5O4S/c1-14-17-9-16(23(17,2)3)10-18(14)27-19-12-26-28(22(30)21(19)33(4,31)32)13-20(29)25-11-15-5-7-24-8-6-15/h5-8,12,14,16-18,27H,9-11,13H2,1-4H3,(H,25,29)/t14-,16-,17+,18-/m1/s1. The fourth-order valence-electron chi connectivity index (χ4n) is 5.48. The van der Waals surface area contributed by atoms with Crippen LogP contribution in [0.2, 0.25) is 0 Å². The average Bonchev–Trinajstić information content (AvgIpc) is 2.75. The molecular weight excluding hydrogens is 442 g/mol. The lowest BCUT2D eigenvalue weighted by atomic mass is 9.45. The third-order valence-corrected chi connectivity index (χ3v) is 8.73. The third-order valence-electron chi connectivity index (χ3n) is 7.60. The number of pyridine rings is 1. The van der Waals surface area contributed by atoms with Crippen molar-refractivity contribution in [2.24, 2.45) is 23.2 Å². The van der Waals surface area contributed by atoms with Crippen LogP contribution in [0.4, 0.5) is 5.69 Å². The van der Waals surface area contributed by atoms with Gasteiger partial charge in [0, 0.05) is 31.2 Å². The van der Waals surface area contributed by atoms with Gasteiger partial charge in [0.25, 0.3) is 5.56 Å². The number of carbonyl (C=O) groups is 1. The van der Waals surface area contributed by atoms with Crippen LogP contribution in [-0.4, -0.2) is 41.4 Å². The van der Waals surface area contributed by atoms with Gasteiger partial charge in [0.1, 0.15) is 6.54 Å². The Kier molecular flexibility index (Phi) is 6.07. The summed E-state index contributed by atoms with van der Waals surface area (Å²) in [5.74, 6) is 1.05. The fraction of sp³-hybridized carbons (Fsp3) is 0.565. The molecule has 1 amide bonds. The van der Waals surface area contributed by atoms with E-state index in [1.54, 1.807) is 24.5 Å². The van der Waals surface area contributed by atoms with Crippen molar-refractivity contribution in [3.63, 3.8) is 0 Å². The van der Waals surface area contributed by atoms with Gasteiger partial charge in [-0.25, -0.2) is 13.1 Å². The molecule has 2 N–H and O–H groups in total. The lowest BCUT2D eigenvalue weighted by Gasteiger charge is -2.62. The first-order valence-electron chi connectivity index (χ1n) is 11.2. The number of sulfone groups is 1. The highest BCUT2D eigenvalue weighted by Crippen LogP contribution is 2.61. The Morgan fingerprint density at radius 2 is 1.94 bits per heavy atom. The van der Waals surface area contributed by atoms with Crippen LogP contribution < -0.4 is 16.2 Å². The van der Waals surface area contributed by atoms with Gasteiger partial charge in [0.2, 0.25) is 5.91 Å². The zero-order valence-corrected chi connectivity index (χ0v) is 20.2. The fourth-order valence-corrected chi connectivity index (χ4v) is 6.41. The van der Waals surface area contributed by atoms with E-state index in [1.165, 1.54) is 12.6 Å². The summed E-state index contributed by atoms with van der Waals surface area (Å²) in [4.78, 5) is 29.0. The maximum atomic E-state index is 13.0. The second kappa shape index (κ2) is 8.55. The van der Waals surface area contributed by atoms with E-state index in [1.807, 2.05) is 0 Å². The van der Waals surface area contributed by atoms with E-state index < -0.39 is 21.3 Å². The Balaban J connectivity index is 1.52. The topological polar surface area (TPSA) is 123 Å². The number of amides is 1.